The number of hydrogen-bond acceptors (Lipinski definition) is 3. The largest absolute Gasteiger partial charge is 0.508 e. The first-order valence-electron chi connectivity index (χ1n) is 7.17. The second-order valence-corrected chi connectivity index (χ2v) is 4.99. The number of aromatic hydroxyl groups is 1. The van der Waals surface area contributed by atoms with Gasteiger partial charge in [-0.3, -0.25) is 4.79 Å². The molecule has 0 spiro atoms. The van der Waals surface area contributed by atoms with Crippen molar-refractivity contribution in [2.45, 2.75) is 25.7 Å². The minimum atomic E-state index is -0.176. The lowest BCUT2D eigenvalue weighted by molar-refractivity contribution is -0.143. The van der Waals surface area contributed by atoms with Crippen LogP contribution >= 0.6 is 0 Å². The SMILES string of the molecule is CCOC(=O)C[C@H](Cc1ccc(O)cc1)c1ccccc1. The Morgan fingerprint density at radius 1 is 1.10 bits per heavy atom. The maximum Gasteiger partial charge on any atom is 0.306 e. The lowest BCUT2D eigenvalue weighted by atomic mass is 9.89. The summed E-state index contributed by atoms with van der Waals surface area (Å²) in [5, 5.41) is 9.35. The summed E-state index contributed by atoms with van der Waals surface area (Å²) < 4.78 is 5.07. The van der Waals surface area contributed by atoms with Gasteiger partial charge >= 0.3 is 5.97 Å². The molecule has 0 heterocycles. The first-order valence-corrected chi connectivity index (χ1v) is 7.17. The highest BCUT2D eigenvalue weighted by Crippen LogP contribution is 2.25. The van der Waals surface area contributed by atoms with Gasteiger partial charge in [0.25, 0.3) is 0 Å². The third-order valence-electron chi connectivity index (χ3n) is 3.41. The second-order valence-electron chi connectivity index (χ2n) is 4.99. The molecule has 0 unspecified atom stereocenters. The molecular formula is C18H20O3. The molecule has 0 saturated carbocycles. The molecule has 21 heavy (non-hydrogen) atoms. The summed E-state index contributed by atoms with van der Waals surface area (Å²) >= 11 is 0. The second kappa shape index (κ2) is 7.48. The molecule has 1 atom stereocenters. The fraction of sp³-hybridized carbons (Fsp3) is 0.278. The zero-order valence-corrected chi connectivity index (χ0v) is 12.2. The Balaban J connectivity index is 2.15. The number of phenols is 1. The summed E-state index contributed by atoms with van der Waals surface area (Å²) in [5.41, 5.74) is 2.21. The molecule has 3 heteroatoms. The number of carbonyl (C=O) groups excluding carboxylic acids is 1. The normalized spacial score (nSPS) is 11.9. The average Bonchev–Trinajstić information content (AvgIpc) is 2.50. The molecular weight excluding hydrogens is 264 g/mol. The summed E-state index contributed by atoms with van der Waals surface area (Å²) in [6.07, 6.45) is 1.10. The lowest BCUT2D eigenvalue weighted by Gasteiger charge is -2.17. The van der Waals surface area contributed by atoms with Gasteiger partial charge < -0.3 is 9.84 Å². The Hall–Kier alpha value is -2.29. The minimum Gasteiger partial charge on any atom is -0.508 e. The molecule has 110 valence electrons. The van der Waals surface area contributed by atoms with Crippen LogP contribution in [0.2, 0.25) is 0 Å². The predicted octanol–water partition coefficient (Wildman–Crippen LogP) is 3.67. The molecule has 3 nitrogen and oxygen atoms in total. The van der Waals surface area contributed by atoms with Crippen molar-refractivity contribution in [1.82, 2.24) is 0 Å². The van der Waals surface area contributed by atoms with Crippen LogP contribution in [0.3, 0.4) is 0 Å². The van der Waals surface area contributed by atoms with Crippen molar-refractivity contribution in [2.24, 2.45) is 0 Å². The Bertz CT molecular complexity index is 561. The number of ether oxygens (including phenoxy) is 1. The van der Waals surface area contributed by atoms with E-state index in [-0.39, 0.29) is 17.6 Å². The fourth-order valence-corrected chi connectivity index (χ4v) is 2.37. The van der Waals surface area contributed by atoms with Crippen LogP contribution in [0.5, 0.6) is 5.75 Å². The van der Waals surface area contributed by atoms with Gasteiger partial charge in [0.15, 0.2) is 0 Å². The summed E-state index contributed by atoms with van der Waals surface area (Å²) in [6, 6.07) is 17.1. The molecule has 0 radical (unpaired) electrons. The van der Waals surface area contributed by atoms with Gasteiger partial charge in [0, 0.05) is 0 Å². The van der Waals surface area contributed by atoms with Gasteiger partial charge in [-0.2, -0.15) is 0 Å². The molecule has 0 aliphatic heterocycles. The highest BCUT2D eigenvalue weighted by molar-refractivity contribution is 5.70. The smallest absolute Gasteiger partial charge is 0.306 e. The van der Waals surface area contributed by atoms with E-state index in [1.165, 1.54) is 0 Å². The van der Waals surface area contributed by atoms with Crippen LogP contribution in [0.1, 0.15) is 30.4 Å². The van der Waals surface area contributed by atoms with E-state index in [0.29, 0.717) is 13.0 Å². The third kappa shape index (κ3) is 4.63. The predicted molar refractivity (Wildman–Crippen MR) is 82.2 cm³/mol. The average molecular weight is 284 g/mol. The van der Waals surface area contributed by atoms with E-state index in [4.69, 9.17) is 4.74 Å². The van der Waals surface area contributed by atoms with E-state index in [1.54, 1.807) is 12.1 Å². The molecule has 0 aliphatic carbocycles. The van der Waals surface area contributed by atoms with Gasteiger partial charge in [0.1, 0.15) is 5.75 Å². The van der Waals surface area contributed by atoms with Gasteiger partial charge in [0.05, 0.1) is 13.0 Å². The minimum absolute atomic E-state index is 0.0785. The standard InChI is InChI=1S/C18H20O3/c1-2-21-18(20)13-16(15-6-4-3-5-7-15)12-14-8-10-17(19)11-9-14/h3-11,16,19H,2,12-13H2,1H3/t16-/m0/s1. The Labute approximate surface area is 125 Å². The number of rotatable bonds is 6. The first-order chi connectivity index (χ1) is 10.2. The molecule has 0 fully saturated rings. The fourth-order valence-electron chi connectivity index (χ4n) is 2.37. The maximum atomic E-state index is 11.8. The zero-order valence-electron chi connectivity index (χ0n) is 12.2. The van der Waals surface area contributed by atoms with E-state index in [1.807, 2.05) is 49.4 Å². The van der Waals surface area contributed by atoms with E-state index in [2.05, 4.69) is 0 Å². The van der Waals surface area contributed by atoms with E-state index >= 15 is 0 Å². The van der Waals surface area contributed by atoms with Crippen LogP contribution in [-0.4, -0.2) is 17.7 Å². The molecule has 1 N–H and O–H groups in total. The number of carbonyl (C=O) groups is 1. The van der Waals surface area contributed by atoms with Crippen LogP contribution in [0.4, 0.5) is 0 Å². The summed E-state index contributed by atoms with van der Waals surface area (Å²) in [7, 11) is 0. The molecule has 0 aliphatic rings. The molecule has 2 rings (SSSR count). The number of esters is 1. The number of hydrogen-bond donors (Lipinski definition) is 1. The molecule has 2 aromatic rings. The first kappa shape index (κ1) is 15.1. The third-order valence-corrected chi connectivity index (χ3v) is 3.41. The highest BCUT2D eigenvalue weighted by atomic mass is 16.5. The van der Waals surface area contributed by atoms with Crippen LogP contribution in [0, 0.1) is 0 Å². The van der Waals surface area contributed by atoms with Gasteiger partial charge in [-0.25, -0.2) is 0 Å². The molecule has 0 aromatic heterocycles. The van der Waals surface area contributed by atoms with Gasteiger partial charge in [-0.1, -0.05) is 42.5 Å². The van der Waals surface area contributed by atoms with Gasteiger partial charge in [0.2, 0.25) is 0 Å². The van der Waals surface area contributed by atoms with E-state index in [9.17, 15) is 9.90 Å². The lowest BCUT2D eigenvalue weighted by Crippen LogP contribution is -2.12. The van der Waals surface area contributed by atoms with Crippen molar-refractivity contribution in [3.05, 3.63) is 65.7 Å². The Morgan fingerprint density at radius 3 is 2.38 bits per heavy atom. The van der Waals surface area contributed by atoms with Crippen molar-refractivity contribution in [2.75, 3.05) is 6.61 Å². The highest BCUT2D eigenvalue weighted by Gasteiger charge is 2.17. The number of benzene rings is 2. The van der Waals surface area contributed by atoms with Gasteiger partial charge in [-0.05, 0) is 42.5 Å². The maximum absolute atomic E-state index is 11.8. The monoisotopic (exact) mass is 284 g/mol. The van der Waals surface area contributed by atoms with E-state index in [0.717, 1.165) is 17.5 Å². The molecule has 2 aromatic carbocycles. The topological polar surface area (TPSA) is 46.5 Å². The molecule has 0 amide bonds. The number of phenolic OH excluding ortho intramolecular Hbond substituents is 1. The zero-order chi connectivity index (χ0) is 15.1. The van der Waals surface area contributed by atoms with Crippen LogP contribution in [-0.2, 0) is 16.0 Å². The van der Waals surface area contributed by atoms with Crippen LogP contribution < -0.4 is 0 Å². The molecule has 0 saturated heterocycles. The molecule has 0 bridgehead atoms. The summed E-state index contributed by atoms with van der Waals surface area (Å²) in [5.74, 6) is 0.153. The Morgan fingerprint density at radius 2 is 1.76 bits per heavy atom. The Kier molecular flexibility index (Phi) is 5.38. The quantitative estimate of drug-likeness (QED) is 0.823. The van der Waals surface area contributed by atoms with Crippen molar-refractivity contribution in [1.29, 1.82) is 0 Å². The van der Waals surface area contributed by atoms with Crippen molar-refractivity contribution < 1.29 is 14.6 Å². The van der Waals surface area contributed by atoms with E-state index < -0.39 is 0 Å². The van der Waals surface area contributed by atoms with Crippen LogP contribution in [0.25, 0.3) is 0 Å². The van der Waals surface area contributed by atoms with Crippen molar-refractivity contribution >= 4 is 5.97 Å². The van der Waals surface area contributed by atoms with Crippen molar-refractivity contribution in [3.63, 3.8) is 0 Å². The summed E-state index contributed by atoms with van der Waals surface area (Å²) in [6.45, 7) is 2.22. The van der Waals surface area contributed by atoms with Crippen molar-refractivity contribution in [3.8, 4) is 5.75 Å². The van der Waals surface area contributed by atoms with Gasteiger partial charge in [-0.15, -0.1) is 0 Å². The summed E-state index contributed by atoms with van der Waals surface area (Å²) in [4.78, 5) is 11.8. The van der Waals surface area contributed by atoms with Crippen LogP contribution in [0.15, 0.2) is 54.6 Å².